The Hall–Kier alpha value is -4.11. The molecule has 1 N–H and O–H groups in total. The maximum atomic E-state index is 12.9. The van der Waals surface area contributed by atoms with Gasteiger partial charge < -0.3 is 15.0 Å². The second kappa shape index (κ2) is 8.72. The molecule has 2 amide bonds. The number of para-hydroxylation sites is 1. The van der Waals surface area contributed by atoms with Crippen molar-refractivity contribution in [2.45, 2.75) is 19.1 Å². The largest absolute Gasteiger partial charge is 0.480 e. The molecule has 3 aromatic carbocycles. The van der Waals surface area contributed by atoms with Gasteiger partial charge in [-0.3, -0.25) is 9.59 Å². The Kier molecular flexibility index (Phi) is 5.67. The van der Waals surface area contributed by atoms with Crippen molar-refractivity contribution in [3.05, 3.63) is 95.1 Å². The van der Waals surface area contributed by atoms with Gasteiger partial charge in [0.1, 0.15) is 5.75 Å². The zero-order valence-corrected chi connectivity index (χ0v) is 17.0. The van der Waals surface area contributed by atoms with E-state index in [2.05, 4.69) is 11.4 Å². The Morgan fingerprint density at radius 3 is 2.71 bits per heavy atom. The van der Waals surface area contributed by atoms with Crippen LogP contribution in [0.15, 0.2) is 72.8 Å². The van der Waals surface area contributed by atoms with E-state index in [4.69, 9.17) is 10.00 Å². The van der Waals surface area contributed by atoms with Crippen LogP contribution in [0.25, 0.3) is 0 Å². The summed E-state index contributed by atoms with van der Waals surface area (Å²) in [5.74, 6) is 0.305. The molecule has 1 heterocycles. The normalized spacial score (nSPS) is 14.1. The molecule has 0 spiro atoms. The van der Waals surface area contributed by atoms with E-state index < -0.39 is 6.10 Å². The summed E-state index contributed by atoms with van der Waals surface area (Å²) in [6, 6.07) is 23.7. The molecule has 0 saturated heterocycles. The first-order valence-corrected chi connectivity index (χ1v) is 9.93. The lowest BCUT2D eigenvalue weighted by molar-refractivity contribution is -0.122. The van der Waals surface area contributed by atoms with Gasteiger partial charge in [-0.05, 0) is 47.5 Å². The summed E-state index contributed by atoms with van der Waals surface area (Å²) in [7, 11) is 1.70. The quantitative estimate of drug-likeness (QED) is 0.693. The topological polar surface area (TPSA) is 82.4 Å². The number of benzene rings is 3. The molecule has 1 unspecified atom stereocenters. The van der Waals surface area contributed by atoms with Gasteiger partial charge in [0, 0.05) is 31.3 Å². The fourth-order valence-corrected chi connectivity index (χ4v) is 3.59. The van der Waals surface area contributed by atoms with E-state index in [1.54, 1.807) is 54.4 Å². The van der Waals surface area contributed by atoms with E-state index in [1.807, 2.05) is 30.3 Å². The number of anilines is 1. The van der Waals surface area contributed by atoms with E-state index in [1.165, 1.54) is 0 Å². The minimum Gasteiger partial charge on any atom is -0.480 e. The maximum absolute atomic E-state index is 12.9. The molecule has 31 heavy (non-hydrogen) atoms. The smallest absolute Gasteiger partial charge is 0.265 e. The lowest BCUT2D eigenvalue weighted by Gasteiger charge is -2.18. The van der Waals surface area contributed by atoms with E-state index in [0.717, 1.165) is 16.9 Å². The van der Waals surface area contributed by atoms with Crippen molar-refractivity contribution in [1.82, 2.24) is 4.90 Å². The predicted octanol–water partition coefficient (Wildman–Crippen LogP) is 3.77. The highest BCUT2D eigenvalue weighted by Crippen LogP contribution is 2.28. The highest BCUT2D eigenvalue weighted by atomic mass is 16.5. The van der Waals surface area contributed by atoms with E-state index in [9.17, 15) is 9.59 Å². The van der Waals surface area contributed by atoms with E-state index in [-0.39, 0.29) is 11.8 Å². The maximum Gasteiger partial charge on any atom is 0.265 e. The van der Waals surface area contributed by atoms with Crippen molar-refractivity contribution in [1.29, 1.82) is 5.26 Å². The molecule has 1 aliphatic heterocycles. The zero-order chi connectivity index (χ0) is 21.8. The van der Waals surface area contributed by atoms with Crippen molar-refractivity contribution >= 4 is 17.5 Å². The van der Waals surface area contributed by atoms with Crippen molar-refractivity contribution in [3.8, 4) is 11.8 Å². The first-order valence-electron chi connectivity index (χ1n) is 9.93. The first-order chi connectivity index (χ1) is 15.0. The summed E-state index contributed by atoms with van der Waals surface area (Å²) in [6.07, 6.45) is -0.0719. The number of ether oxygens (including phenoxy) is 1. The van der Waals surface area contributed by atoms with Crippen LogP contribution >= 0.6 is 0 Å². The summed E-state index contributed by atoms with van der Waals surface area (Å²) < 4.78 is 5.73. The molecule has 1 atom stereocenters. The molecule has 0 fully saturated rings. The van der Waals surface area contributed by atoms with Gasteiger partial charge in [-0.15, -0.1) is 0 Å². The minimum atomic E-state index is -0.591. The van der Waals surface area contributed by atoms with Crippen LogP contribution in [0.1, 0.15) is 27.0 Å². The first kappa shape index (κ1) is 20.2. The Morgan fingerprint density at radius 1 is 1.10 bits per heavy atom. The average molecular weight is 411 g/mol. The molecule has 0 saturated carbocycles. The molecule has 4 rings (SSSR count). The molecule has 1 aliphatic rings. The highest BCUT2D eigenvalue weighted by molar-refractivity contribution is 5.98. The SMILES string of the molecule is CN(Cc1cccc(C#N)c1)C(=O)c1cccc(NC(=O)C2Cc3ccccc3O2)c1. The number of nitrogens with one attached hydrogen (secondary N) is 1. The molecule has 154 valence electrons. The number of nitriles is 1. The Balaban J connectivity index is 1.41. The average Bonchev–Trinajstić information content (AvgIpc) is 3.23. The monoisotopic (exact) mass is 411 g/mol. The van der Waals surface area contributed by atoms with Crippen molar-refractivity contribution in [2.75, 3.05) is 12.4 Å². The Labute approximate surface area is 180 Å². The fourth-order valence-electron chi connectivity index (χ4n) is 3.59. The fraction of sp³-hybridized carbons (Fsp3) is 0.160. The lowest BCUT2D eigenvalue weighted by atomic mass is 10.1. The summed E-state index contributed by atoms with van der Waals surface area (Å²) in [4.78, 5) is 27.1. The van der Waals surface area contributed by atoms with E-state index >= 15 is 0 Å². The van der Waals surface area contributed by atoms with Crippen molar-refractivity contribution in [2.24, 2.45) is 0 Å². The number of rotatable bonds is 5. The van der Waals surface area contributed by atoms with Crippen molar-refractivity contribution < 1.29 is 14.3 Å². The van der Waals surface area contributed by atoms with Crippen LogP contribution in [-0.4, -0.2) is 29.9 Å². The molecule has 3 aromatic rings. The molecular formula is C25H21N3O3. The second-order valence-electron chi connectivity index (χ2n) is 7.46. The molecule has 0 aliphatic carbocycles. The summed E-state index contributed by atoms with van der Waals surface area (Å²) in [6.45, 7) is 0.374. The molecule has 0 aromatic heterocycles. The lowest BCUT2D eigenvalue weighted by Crippen LogP contribution is -2.31. The van der Waals surface area contributed by atoms with Gasteiger partial charge in [-0.1, -0.05) is 36.4 Å². The van der Waals surface area contributed by atoms with Gasteiger partial charge in [0.2, 0.25) is 0 Å². The van der Waals surface area contributed by atoms with Crippen LogP contribution in [0.5, 0.6) is 5.75 Å². The van der Waals surface area contributed by atoms with Crippen LogP contribution in [0.4, 0.5) is 5.69 Å². The summed E-state index contributed by atoms with van der Waals surface area (Å²) >= 11 is 0. The third kappa shape index (κ3) is 4.57. The van der Waals surface area contributed by atoms with Gasteiger partial charge in [0.05, 0.1) is 11.6 Å². The summed E-state index contributed by atoms with van der Waals surface area (Å²) in [5.41, 5.74) is 3.44. The minimum absolute atomic E-state index is 0.178. The highest BCUT2D eigenvalue weighted by Gasteiger charge is 2.28. The number of hydrogen-bond donors (Lipinski definition) is 1. The third-order valence-electron chi connectivity index (χ3n) is 5.14. The Bertz CT molecular complexity index is 1160. The van der Waals surface area contributed by atoms with E-state index in [0.29, 0.717) is 29.8 Å². The molecule has 0 radical (unpaired) electrons. The number of fused-ring (bicyclic) bond motifs is 1. The van der Waals surface area contributed by atoms with Gasteiger partial charge in [-0.2, -0.15) is 5.26 Å². The predicted molar refractivity (Wildman–Crippen MR) is 117 cm³/mol. The van der Waals surface area contributed by atoms with Gasteiger partial charge >= 0.3 is 0 Å². The van der Waals surface area contributed by atoms with Gasteiger partial charge in [0.15, 0.2) is 6.10 Å². The third-order valence-corrected chi connectivity index (χ3v) is 5.14. The molecule has 0 bridgehead atoms. The standard InChI is InChI=1S/C25H21N3O3/c1-28(16-18-7-4-6-17(12-18)15-26)25(30)20-9-5-10-21(13-20)27-24(29)23-14-19-8-2-3-11-22(19)31-23/h2-13,23H,14,16H2,1H3,(H,27,29). The number of carbonyl (C=O) groups is 2. The van der Waals surface area contributed by atoms with Crippen LogP contribution in [0, 0.1) is 11.3 Å². The number of nitrogens with zero attached hydrogens (tertiary/aromatic N) is 2. The number of hydrogen-bond acceptors (Lipinski definition) is 4. The zero-order valence-electron chi connectivity index (χ0n) is 17.0. The van der Waals surface area contributed by atoms with Crippen molar-refractivity contribution in [3.63, 3.8) is 0 Å². The van der Waals surface area contributed by atoms with Crippen LogP contribution in [0.2, 0.25) is 0 Å². The van der Waals surface area contributed by atoms with Crippen LogP contribution < -0.4 is 10.1 Å². The number of carbonyl (C=O) groups excluding carboxylic acids is 2. The molecular weight excluding hydrogens is 390 g/mol. The van der Waals surface area contributed by atoms with Crippen LogP contribution in [-0.2, 0) is 17.8 Å². The Morgan fingerprint density at radius 2 is 1.90 bits per heavy atom. The molecule has 6 nitrogen and oxygen atoms in total. The van der Waals surface area contributed by atoms with Gasteiger partial charge in [-0.25, -0.2) is 0 Å². The van der Waals surface area contributed by atoms with Crippen LogP contribution in [0.3, 0.4) is 0 Å². The van der Waals surface area contributed by atoms with Gasteiger partial charge in [0.25, 0.3) is 11.8 Å². The molecule has 6 heteroatoms. The number of amides is 2. The summed E-state index contributed by atoms with van der Waals surface area (Å²) in [5, 5.41) is 11.9. The second-order valence-corrected chi connectivity index (χ2v) is 7.46.